The summed E-state index contributed by atoms with van der Waals surface area (Å²) >= 11 is 0. The van der Waals surface area contributed by atoms with Gasteiger partial charge in [0.25, 0.3) is 0 Å². The van der Waals surface area contributed by atoms with Crippen molar-refractivity contribution in [3.05, 3.63) is 41.0 Å². The van der Waals surface area contributed by atoms with Crippen LogP contribution in [0.1, 0.15) is 61.8 Å². The number of aryl methyl sites for hydroxylation is 2. The zero-order valence-corrected chi connectivity index (χ0v) is 21.6. The van der Waals surface area contributed by atoms with Crippen LogP contribution in [0.5, 0.6) is 0 Å². The van der Waals surface area contributed by atoms with Gasteiger partial charge in [0.15, 0.2) is 5.65 Å². The van der Waals surface area contributed by atoms with Crippen LogP contribution in [0.3, 0.4) is 0 Å². The molecule has 1 saturated heterocycles. The summed E-state index contributed by atoms with van der Waals surface area (Å²) in [6.07, 6.45) is 8.15. The number of hydrogen-bond donors (Lipinski definition) is 1. The van der Waals surface area contributed by atoms with E-state index in [-0.39, 0.29) is 0 Å². The minimum absolute atomic E-state index is 0.368. The van der Waals surface area contributed by atoms with E-state index in [4.69, 9.17) is 4.98 Å². The number of anilines is 1. The Bertz CT molecular complexity index is 1340. The van der Waals surface area contributed by atoms with E-state index in [9.17, 15) is 0 Å². The lowest BCUT2D eigenvalue weighted by molar-refractivity contribution is 0.217. The van der Waals surface area contributed by atoms with Crippen LogP contribution in [0, 0.1) is 20.8 Å². The van der Waals surface area contributed by atoms with Gasteiger partial charge < -0.3 is 14.8 Å². The minimum Gasteiger partial charge on any atom is -0.356 e. The fraction of sp³-hybridized carbons (Fsp3) is 0.519. The van der Waals surface area contributed by atoms with Crippen molar-refractivity contribution in [2.45, 2.75) is 66.3 Å². The molecular weight excluding hydrogens is 422 g/mol. The third-order valence-corrected chi connectivity index (χ3v) is 7.95. The quantitative estimate of drug-likeness (QED) is 0.442. The number of hydrogen-bond acceptors (Lipinski definition) is 5. The van der Waals surface area contributed by atoms with Crippen molar-refractivity contribution in [3.8, 4) is 11.3 Å². The molecule has 1 fully saturated rings. The van der Waals surface area contributed by atoms with Gasteiger partial charge in [-0.15, -0.1) is 0 Å². The first-order chi connectivity index (χ1) is 16.3. The molecule has 0 bridgehead atoms. The molecule has 1 N–H and O–H groups in total. The molecule has 34 heavy (non-hydrogen) atoms. The molecule has 0 radical (unpaired) electrons. The van der Waals surface area contributed by atoms with Gasteiger partial charge in [0, 0.05) is 41.8 Å². The Kier molecular flexibility index (Phi) is 5.84. The topological polar surface area (TPSA) is 65.3 Å². The number of fused-ring (bicyclic) bond motifs is 2. The highest BCUT2D eigenvalue weighted by molar-refractivity contribution is 5.96. The fourth-order valence-corrected chi connectivity index (χ4v) is 5.71. The molecule has 1 aliphatic heterocycles. The van der Waals surface area contributed by atoms with E-state index in [1.54, 1.807) is 6.33 Å². The Balaban J connectivity index is 1.61. The Morgan fingerprint density at radius 2 is 1.82 bits per heavy atom. The Morgan fingerprint density at radius 1 is 1.09 bits per heavy atom. The van der Waals surface area contributed by atoms with E-state index in [2.05, 4.69) is 79.7 Å². The number of H-pyrrole nitrogens is 1. The zero-order valence-electron chi connectivity index (χ0n) is 21.6. The molecule has 4 aromatic rings. The smallest absolute Gasteiger partial charge is 0.158 e. The largest absolute Gasteiger partial charge is 0.356 e. The molecule has 180 valence electrons. The predicted octanol–water partition coefficient (Wildman–Crippen LogP) is 5.24. The molecule has 4 aromatic heterocycles. The number of aromatic nitrogens is 5. The standard InChI is InChI=1S/C27H37N7/c1-8-32(7)20-9-11-33(12-10-20)26-19(6)24-22(13-28-26)31-25(23(24)16(2)3)21-14-34-27(29-15-30-34)18(5)17(21)4/h13-16,20,31H,8-12H2,1-7H3. The summed E-state index contributed by atoms with van der Waals surface area (Å²) in [5, 5.41) is 5.74. The van der Waals surface area contributed by atoms with Crippen LogP contribution in [-0.4, -0.2) is 62.2 Å². The van der Waals surface area contributed by atoms with Crippen LogP contribution in [-0.2, 0) is 0 Å². The Morgan fingerprint density at radius 3 is 2.50 bits per heavy atom. The molecule has 0 aromatic carbocycles. The average molecular weight is 460 g/mol. The average Bonchev–Trinajstić information content (AvgIpc) is 3.46. The number of rotatable bonds is 5. The van der Waals surface area contributed by atoms with E-state index >= 15 is 0 Å². The van der Waals surface area contributed by atoms with Gasteiger partial charge in [-0.05, 0) is 69.8 Å². The van der Waals surface area contributed by atoms with Crippen molar-refractivity contribution in [1.29, 1.82) is 0 Å². The van der Waals surface area contributed by atoms with Crippen LogP contribution in [0.4, 0.5) is 5.82 Å². The number of piperidine rings is 1. The summed E-state index contributed by atoms with van der Waals surface area (Å²) in [7, 11) is 2.24. The van der Waals surface area contributed by atoms with Gasteiger partial charge in [0.2, 0.25) is 0 Å². The first-order valence-corrected chi connectivity index (χ1v) is 12.6. The van der Waals surface area contributed by atoms with Crippen molar-refractivity contribution >= 4 is 22.4 Å². The highest BCUT2D eigenvalue weighted by atomic mass is 15.3. The lowest BCUT2D eigenvalue weighted by Crippen LogP contribution is -2.43. The lowest BCUT2D eigenvalue weighted by atomic mass is 9.92. The second-order valence-corrected chi connectivity index (χ2v) is 10.2. The first kappa shape index (κ1) is 22.8. The van der Waals surface area contributed by atoms with Crippen LogP contribution >= 0.6 is 0 Å². The molecule has 0 unspecified atom stereocenters. The van der Waals surface area contributed by atoms with Gasteiger partial charge in [-0.3, -0.25) is 0 Å². The van der Waals surface area contributed by atoms with Crippen molar-refractivity contribution in [2.75, 3.05) is 31.6 Å². The van der Waals surface area contributed by atoms with E-state index in [1.165, 1.54) is 51.7 Å². The van der Waals surface area contributed by atoms with Gasteiger partial charge >= 0.3 is 0 Å². The van der Waals surface area contributed by atoms with Crippen LogP contribution in [0.25, 0.3) is 27.8 Å². The fourth-order valence-electron chi connectivity index (χ4n) is 5.71. The number of aromatic amines is 1. The summed E-state index contributed by atoms with van der Waals surface area (Å²) in [4.78, 5) is 18.1. The second kappa shape index (κ2) is 8.69. The van der Waals surface area contributed by atoms with Gasteiger partial charge in [-0.2, -0.15) is 5.10 Å². The highest BCUT2D eigenvalue weighted by Crippen LogP contribution is 2.41. The van der Waals surface area contributed by atoms with E-state index < -0.39 is 0 Å². The predicted molar refractivity (Wildman–Crippen MR) is 140 cm³/mol. The van der Waals surface area contributed by atoms with Crippen molar-refractivity contribution < 1.29 is 0 Å². The van der Waals surface area contributed by atoms with Gasteiger partial charge in [-0.25, -0.2) is 14.5 Å². The molecule has 7 heteroatoms. The van der Waals surface area contributed by atoms with Crippen LogP contribution in [0.2, 0.25) is 0 Å². The monoisotopic (exact) mass is 459 g/mol. The highest BCUT2D eigenvalue weighted by Gasteiger charge is 2.26. The zero-order chi connectivity index (χ0) is 24.1. The van der Waals surface area contributed by atoms with Crippen molar-refractivity contribution in [2.24, 2.45) is 0 Å². The lowest BCUT2D eigenvalue weighted by Gasteiger charge is -2.37. The Labute approximate surface area is 202 Å². The number of nitrogens with zero attached hydrogens (tertiary/aromatic N) is 6. The van der Waals surface area contributed by atoms with Crippen LogP contribution in [0.15, 0.2) is 18.7 Å². The molecule has 0 saturated carbocycles. The Hall–Kier alpha value is -2.93. The van der Waals surface area contributed by atoms with Gasteiger partial charge in [0.05, 0.1) is 17.4 Å². The van der Waals surface area contributed by atoms with Crippen LogP contribution < -0.4 is 4.90 Å². The maximum Gasteiger partial charge on any atom is 0.158 e. The maximum atomic E-state index is 4.96. The maximum absolute atomic E-state index is 4.96. The number of pyridine rings is 2. The summed E-state index contributed by atoms with van der Waals surface area (Å²) < 4.78 is 1.89. The van der Waals surface area contributed by atoms with E-state index in [0.29, 0.717) is 12.0 Å². The van der Waals surface area contributed by atoms with E-state index in [0.717, 1.165) is 36.6 Å². The molecule has 0 atom stereocenters. The molecule has 0 spiro atoms. The summed E-state index contributed by atoms with van der Waals surface area (Å²) in [5.74, 6) is 1.50. The van der Waals surface area contributed by atoms with Gasteiger partial charge in [-0.1, -0.05) is 20.8 Å². The van der Waals surface area contributed by atoms with Crippen molar-refractivity contribution in [1.82, 2.24) is 29.5 Å². The second-order valence-electron chi connectivity index (χ2n) is 10.2. The normalized spacial score (nSPS) is 15.5. The van der Waals surface area contributed by atoms with Crippen molar-refractivity contribution in [3.63, 3.8) is 0 Å². The summed E-state index contributed by atoms with van der Waals surface area (Å²) in [5.41, 5.74) is 9.42. The first-order valence-electron chi connectivity index (χ1n) is 12.6. The molecule has 0 aliphatic carbocycles. The molecule has 1 aliphatic rings. The molecule has 5 rings (SSSR count). The third kappa shape index (κ3) is 3.57. The summed E-state index contributed by atoms with van der Waals surface area (Å²) in [6, 6.07) is 0.674. The SMILES string of the molecule is CCN(C)C1CCN(c2ncc3[nH]c(-c4cn5ncnc5c(C)c4C)c(C(C)C)c3c2C)CC1. The van der Waals surface area contributed by atoms with E-state index in [1.807, 2.05) is 10.7 Å². The summed E-state index contributed by atoms with van der Waals surface area (Å²) in [6.45, 7) is 16.6. The third-order valence-electron chi connectivity index (χ3n) is 7.95. The molecule has 7 nitrogen and oxygen atoms in total. The number of nitrogens with one attached hydrogen (secondary N) is 1. The van der Waals surface area contributed by atoms with Gasteiger partial charge in [0.1, 0.15) is 12.1 Å². The molecular formula is C27H37N7. The minimum atomic E-state index is 0.368. The molecule has 5 heterocycles. The molecule has 0 amide bonds.